The Balaban J connectivity index is 2.63. The second-order valence-corrected chi connectivity index (χ2v) is 2.82. The molecule has 2 heteroatoms. The van der Waals surface area contributed by atoms with Gasteiger partial charge in [0.15, 0.2) is 0 Å². The summed E-state index contributed by atoms with van der Waals surface area (Å²) < 4.78 is 0.934. The summed E-state index contributed by atoms with van der Waals surface area (Å²) >= 11 is 2.26. The summed E-state index contributed by atoms with van der Waals surface area (Å²) in [6.45, 7) is 0. The summed E-state index contributed by atoms with van der Waals surface area (Å²) in [4.78, 5) is 0. The fraction of sp³-hybridized carbons (Fsp3) is 0.429. The first kappa shape index (κ1) is 7.28. The third-order valence-corrected chi connectivity index (χ3v) is 2.27. The van der Waals surface area contributed by atoms with Crippen molar-refractivity contribution in [3.63, 3.8) is 0 Å². The quantitative estimate of drug-likeness (QED) is 0.542. The van der Waals surface area contributed by atoms with E-state index in [9.17, 15) is 5.11 Å². The number of alkyl halides is 1. The Kier molecular flexibility index (Phi) is 2.72. The Morgan fingerprint density at radius 1 is 1.78 bits per heavy atom. The van der Waals surface area contributed by atoms with E-state index >= 15 is 0 Å². The highest BCUT2D eigenvalue weighted by Crippen LogP contribution is 2.14. The van der Waals surface area contributed by atoms with Gasteiger partial charge in [0, 0.05) is 4.43 Å². The largest absolute Gasteiger partial charge is 0.388 e. The van der Waals surface area contributed by atoms with Crippen LogP contribution in [0.5, 0.6) is 0 Å². The third kappa shape index (κ3) is 1.79. The molecule has 9 heavy (non-hydrogen) atoms. The van der Waals surface area contributed by atoms with Crippen molar-refractivity contribution in [3.05, 3.63) is 23.8 Å². The van der Waals surface area contributed by atoms with E-state index in [0.29, 0.717) is 0 Å². The number of aliphatic hydroxyl groups is 1. The standard InChI is InChI=1S/C7H9IO/c8-5-6-3-1-2-4-7(6)9/h1-3,7,9H,4-5H2/t7-/m0/s1. The van der Waals surface area contributed by atoms with Crippen LogP contribution in [0.1, 0.15) is 6.42 Å². The van der Waals surface area contributed by atoms with Crippen molar-refractivity contribution in [2.45, 2.75) is 12.5 Å². The number of aliphatic hydroxyl groups excluding tert-OH is 1. The van der Waals surface area contributed by atoms with Crippen molar-refractivity contribution < 1.29 is 5.11 Å². The number of rotatable bonds is 1. The lowest BCUT2D eigenvalue weighted by molar-refractivity contribution is 0.214. The van der Waals surface area contributed by atoms with Gasteiger partial charge in [0.05, 0.1) is 6.10 Å². The zero-order chi connectivity index (χ0) is 6.69. The van der Waals surface area contributed by atoms with Gasteiger partial charge >= 0.3 is 0 Å². The molecule has 1 nitrogen and oxygen atoms in total. The molecule has 0 radical (unpaired) electrons. The molecule has 0 saturated heterocycles. The average molecular weight is 236 g/mol. The molecule has 1 rings (SSSR count). The van der Waals surface area contributed by atoms with Gasteiger partial charge in [0.25, 0.3) is 0 Å². The maximum Gasteiger partial charge on any atom is 0.0795 e. The van der Waals surface area contributed by atoms with E-state index in [0.717, 1.165) is 16.4 Å². The summed E-state index contributed by atoms with van der Waals surface area (Å²) in [7, 11) is 0. The van der Waals surface area contributed by atoms with Crippen molar-refractivity contribution in [2.75, 3.05) is 4.43 Å². The van der Waals surface area contributed by atoms with Gasteiger partial charge in [-0.3, -0.25) is 0 Å². The van der Waals surface area contributed by atoms with Crippen LogP contribution in [0.25, 0.3) is 0 Å². The monoisotopic (exact) mass is 236 g/mol. The highest BCUT2D eigenvalue weighted by Gasteiger charge is 2.08. The molecule has 0 bridgehead atoms. The molecular formula is C7H9IO. The Morgan fingerprint density at radius 2 is 2.56 bits per heavy atom. The lowest BCUT2D eigenvalue weighted by atomic mass is 10.0. The van der Waals surface area contributed by atoms with Gasteiger partial charge in [-0.05, 0) is 12.0 Å². The third-order valence-electron chi connectivity index (χ3n) is 1.39. The summed E-state index contributed by atoms with van der Waals surface area (Å²) in [5.41, 5.74) is 1.14. The van der Waals surface area contributed by atoms with Crippen LogP contribution in [0.15, 0.2) is 23.8 Å². The van der Waals surface area contributed by atoms with Gasteiger partial charge in [-0.2, -0.15) is 0 Å². The molecule has 1 aliphatic rings. The molecule has 0 aromatic rings. The summed E-state index contributed by atoms with van der Waals surface area (Å²) in [6.07, 6.45) is 6.54. The fourth-order valence-electron chi connectivity index (χ4n) is 0.795. The first-order valence-electron chi connectivity index (χ1n) is 2.94. The van der Waals surface area contributed by atoms with Crippen LogP contribution in [0.3, 0.4) is 0 Å². The molecule has 1 N–H and O–H groups in total. The molecule has 0 heterocycles. The predicted octanol–water partition coefficient (Wildman–Crippen LogP) is 1.67. The van der Waals surface area contributed by atoms with Gasteiger partial charge in [0.2, 0.25) is 0 Å². The summed E-state index contributed by atoms with van der Waals surface area (Å²) in [5.74, 6) is 0. The first-order valence-corrected chi connectivity index (χ1v) is 4.47. The second-order valence-electron chi connectivity index (χ2n) is 2.05. The van der Waals surface area contributed by atoms with Crippen LogP contribution in [0, 0.1) is 0 Å². The van der Waals surface area contributed by atoms with Crippen molar-refractivity contribution in [1.29, 1.82) is 0 Å². The zero-order valence-corrected chi connectivity index (χ0v) is 7.21. The molecular weight excluding hydrogens is 227 g/mol. The van der Waals surface area contributed by atoms with E-state index in [-0.39, 0.29) is 6.10 Å². The van der Waals surface area contributed by atoms with Crippen molar-refractivity contribution in [3.8, 4) is 0 Å². The molecule has 0 fully saturated rings. The minimum absolute atomic E-state index is 0.216. The Morgan fingerprint density at radius 3 is 3.00 bits per heavy atom. The maximum atomic E-state index is 9.24. The average Bonchev–Trinajstić information content (AvgIpc) is 1.89. The molecule has 0 amide bonds. The number of hydrogen-bond donors (Lipinski definition) is 1. The summed E-state index contributed by atoms with van der Waals surface area (Å²) in [6, 6.07) is 0. The predicted molar refractivity (Wildman–Crippen MR) is 46.7 cm³/mol. The fourth-order valence-corrected chi connectivity index (χ4v) is 1.56. The maximum absolute atomic E-state index is 9.24. The highest BCUT2D eigenvalue weighted by molar-refractivity contribution is 14.1. The summed E-state index contributed by atoms with van der Waals surface area (Å²) in [5, 5.41) is 9.24. The van der Waals surface area contributed by atoms with Crippen LogP contribution in [0.4, 0.5) is 0 Å². The van der Waals surface area contributed by atoms with Crippen LogP contribution >= 0.6 is 22.6 Å². The Labute approximate surface area is 68.6 Å². The van der Waals surface area contributed by atoms with Crippen LogP contribution in [-0.4, -0.2) is 15.6 Å². The van der Waals surface area contributed by atoms with Crippen molar-refractivity contribution in [2.24, 2.45) is 0 Å². The second kappa shape index (κ2) is 3.37. The first-order chi connectivity index (χ1) is 4.34. The highest BCUT2D eigenvalue weighted by atomic mass is 127. The van der Waals surface area contributed by atoms with Gasteiger partial charge < -0.3 is 5.11 Å². The minimum Gasteiger partial charge on any atom is -0.388 e. The van der Waals surface area contributed by atoms with Crippen LogP contribution in [0.2, 0.25) is 0 Å². The van der Waals surface area contributed by atoms with Crippen LogP contribution in [-0.2, 0) is 0 Å². The molecule has 1 atom stereocenters. The van der Waals surface area contributed by atoms with Gasteiger partial charge in [-0.1, -0.05) is 40.8 Å². The number of hydrogen-bond acceptors (Lipinski definition) is 1. The topological polar surface area (TPSA) is 20.2 Å². The molecule has 1 aliphatic carbocycles. The molecule has 0 saturated carbocycles. The van der Waals surface area contributed by atoms with Crippen molar-refractivity contribution in [1.82, 2.24) is 0 Å². The molecule has 0 aromatic heterocycles. The van der Waals surface area contributed by atoms with Gasteiger partial charge in [0.1, 0.15) is 0 Å². The van der Waals surface area contributed by atoms with E-state index in [1.165, 1.54) is 0 Å². The molecule has 0 aromatic carbocycles. The molecule has 0 unspecified atom stereocenters. The lowest BCUT2D eigenvalue weighted by Crippen LogP contribution is -2.11. The molecule has 50 valence electrons. The van der Waals surface area contributed by atoms with E-state index < -0.39 is 0 Å². The van der Waals surface area contributed by atoms with E-state index in [1.807, 2.05) is 18.2 Å². The van der Waals surface area contributed by atoms with Gasteiger partial charge in [-0.15, -0.1) is 0 Å². The van der Waals surface area contributed by atoms with E-state index in [2.05, 4.69) is 22.6 Å². The number of halogens is 1. The molecule has 0 aliphatic heterocycles. The SMILES string of the molecule is O[C@H]1CC=CC=C1CI. The van der Waals surface area contributed by atoms with Crippen molar-refractivity contribution >= 4 is 22.6 Å². The normalized spacial score (nSPS) is 26.0. The Bertz CT molecular complexity index is 149. The smallest absolute Gasteiger partial charge is 0.0795 e. The molecule has 0 spiro atoms. The van der Waals surface area contributed by atoms with Crippen LogP contribution < -0.4 is 0 Å². The zero-order valence-electron chi connectivity index (χ0n) is 5.05. The lowest BCUT2D eigenvalue weighted by Gasteiger charge is -2.12. The minimum atomic E-state index is -0.216. The van der Waals surface area contributed by atoms with Gasteiger partial charge in [-0.25, -0.2) is 0 Å². The number of allylic oxidation sites excluding steroid dienone is 2. The van der Waals surface area contributed by atoms with E-state index in [1.54, 1.807) is 0 Å². The Hall–Kier alpha value is 0.170. The van der Waals surface area contributed by atoms with E-state index in [4.69, 9.17) is 0 Å².